The van der Waals surface area contributed by atoms with Crippen molar-refractivity contribution >= 4 is 39.2 Å². The average molecular weight is 279 g/mol. The highest BCUT2D eigenvalue weighted by Gasteiger charge is 2.26. The van der Waals surface area contributed by atoms with Gasteiger partial charge in [-0.25, -0.2) is 9.97 Å². The largest absolute Gasteiger partial charge is 0.352 e. The first-order valence-electron chi connectivity index (χ1n) is 5.89. The van der Waals surface area contributed by atoms with Crippen LogP contribution in [0.5, 0.6) is 0 Å². The summed E-state index contributed by atoms with van der Waals surface area (Å²) in [6, 6.07) is 2.42. The van der Waals surface area contributed by atoms with E-state index in [4.69, 9.17) is 0 Å². The van der Waals surface area contributed by atoms with Gasteiger partial charge in [-0.15, -0.1) is 11.3 Å². The molecule has 18 heavy (non-hydrogen) atoms. The summed E-state index contributed by atoms with van der Waals surface area (Å²) in [6.07, 6.45) is 3.80. The van der Waals surface area contributed by atoms with Crippen LogP contribution in [0.25, 0.3) is 10.2 Å². The molecular weight excluding hydrogens is 266 g/mol. The monoisotopic (exact) mass is 279 g/mol. The molecular formula is C12H13N3OS2. The van der Waals surface area contributed by atoms with Crippen molar-refractivity contribution in [2.45, 2.75) is 36.1 Å². The van der Waals surface area contributed by atoms with Crippen molar-refractivity contribution in [1.29, 1.82) is 0 Å². The second-order valence-electron chi connectivity index (χ2n) is 4.36. The highest BCUT2D eigenvalue weighted by Crippen LogP contribution is 2.30. The standard InChI is InChI=1S/C12H13N3OS2/c1-7(10(16)15-8-2-3-8)18-12-9-4-5-17-11(9)13-6-14-12/h4-8H,2-3H2,1H3,(H,15,16)/t7-/m1/s1. The van der Waals surface area contributed by atoms with Gasteiger partial charge in [0, 0.05) is 11.4 Å². The summed E-state index contributed by atoms with van der Waals surface area (Å²) < 4.78 is 0. The van der Waals surface area contributed by atoms with E-state index >= 15 is 0 Å². The first-order valence-corrected chi connectivity index (χ1v) is 7.65. The van der Waals surface area contributed by atoms with Crippen LogP contribution in [0.4, 0.5) is 0 Å². The number of carbonyl (C=O) groups excluding carboxylic acids is 1. The number of aromatic nitrogens is 2. The quantitative estimate of drug-likeness (QED) is 0.690. The molecule has 0 bridgehead atoms. The number of nitrogens with zero attached hydrogens (tertiary/aromatic N) is 2. The fourth-order valence-electron chi connectivity index (χ4n) is 1.63. The van der Waals surface area contributed by atoms with Gasteiger partial charge in [0.15, 0.2) is 0 Å². The van der Waals surface area contributed by atoms with E-state index in [-0.39, 0.29) is 11.2 Å². The summed E-state index contributed by atoms with van der Waals surface area (Å²) in [6.45, 7) is 1.92. The lowest BCUT2D eigenvalue weighted by molar-refractivity contribution is -0.120. The highest BCUT2D eigenvalue weighted by molar-refractivity contribution is 8.00. The molecule has 2 aromatic rings. The lowest BCUT2D eigenvalue weighted by atomic mass is 10.4. The number of carbonyl (C=O) groups is 1. The van der Waals surface area contributed by atoms with Crippen molar-refractivity contribution < 1.29 is 4.79 Å². The number of thioether (sulfide) groups is 1. The van der Waals surface area contributed by atoms with E-state index in [0.29, 0.717) is 6.04 Å². The van der Waals surface area contributed by atoms with Crippen LogP contribution in [0, 0.1) is 0 Å². The van der Waals surface area contributed by atoms with E-state index in [1.165, 1.54) is 11.8 Å². The maximum Gasteiger partial charge on any atom is 0.233 e. The van der Waals surface area contributed by atoms with Crippen LogP contribution < -0.4 is 5.32 Å². The predicted octanol–water partition coefficient (Wildman–Crippen LogP) is 2.45. The SMILES string of the molecule is C[C@@H](Sc1ncnc2sccc12)C(=O)NC1CC1. The van der Waals surface area contributed by atoms with E-state index in [0.717, 1.165) is 28.1 Å². The molecule has 4 nitrogen and oxygen atoms in total. The Kier molecular flexibility index (Phi) is 3.22. The molecule has 2 aromatic heterocycles. The number of amides is 1. The van der Waals surface area contributed by atoms with Gasteiger partial charge < -0.3 is 5.32 Å². The Morgan fingerprint density at radius 3 is 3.17 bits per heavy atom. The summed E-state index contributed by atoms with van der Waals surface area (Å²) in [5.41, 5.74) is 0. The molecule has 1 amide bonds. The normalized spacial score (nSPS) is 16.7. The van der Waals surface area contributed by atoms with Crippen molar-refractivity contribution in [2.24, 2.45) is 0 Å². The van der Waals surface area contributed by atoms with Crippen molar-refractivity contribution in [3.8, 4) is 0 Å². The minimum absolute atomic E-state index is 0.101. The third kappa shape index (κ3) is 2.49. The molecule has 0 aromatic carbocycles. The molecule has 1 N–H and O–H groups in total. The van der Waals surface area contributed by atoms with Crippen LogP contribution >= 0.6 is 23.1 Å². The van der Waals surface area contributed by atoms with Gasteiger partial charge in [0.1, 0.15) is 16.2 Å². The summed E-state index contributed by atoms with van der Waals surface area (Å²) in [7, 11) is 0. The van der Waals surface area contributed by atoms with E-state index in [2.05, 4.69) is 15.3 Å². The molecule has 0 spiro atoms. The Balaban J connectivity index is 1.74. The lowest BCUT2D eigenvalue weighted by Crippen LogP contribution is -2.32. The minimum Gasteiger partial charge on any atom is -0.352 e. The summed E-state index contributed by atoms with van der Waals surface area (Å²) in [5.74, 6) is 0.101. The fourth-order valence-corrected chi connectivity index (χ4v) is 3.34. The zero-order valence-corrected chi connectivity index (χ0v) is 11.6. The molecule has 1 atom stereocenters. The zero-order chi connectivity index (χ0) is 12.5. The van der Waals surface area contributed by atoms with Crippen LogP contribution in [0.1, 0.15) is 19.8 Å². The van der Waals surface area contributed by atoms with Crippen molar-refractivity contribution in [3.63, 3.8) is 0 Å². The van der Waals surface area contributed by atoms with Gasteiger partial charge in [-0.3, -0.25) is 4.79 Å². The Bertz CT molecular complexity index is 579. The smallest absolute Gasteiger partial charge is 0.233 e. The van der Waals surface area contributed by atoms with Gasteiger partial charge in [0.25, 0.3) is 0 Å². The zero-order valence-electron chi connectivity index (χ0n) is 9.92. The Morgan fingerprint density at radius 2 is 2.39 bits per heavy atom. The van der Waals surface area contributed by atoms with Crippen molar-refractivity contribution in [3.05, 3.63) is 17.8 Å². The minimum atomic E-state index is -0.122. The highest BCUT2D eigenvalue weighted by atomic mass is 32.2. The van der Waals surface area contributed by atoms with Gasteiger partial charge in [-0.1, -0.05) is 11.8 Å². The number of hydrogen-bond donors (Lipinski definition) is 1. The lowest BCUT2D eigenvalue weighted by Gasteiger charge is -2.11. The molecule has 2 heterocycles. The number of fused-ring (bicyclic) bond motifs is 1. The summed E-state index contributed by atoms with van der Waals surface area (Å²) in [5, 5.41) is 6.82. The van der Waals surface area contributed by atoms with Crippen LogP contribution in [-0.2, 0) is 4.79 Å². The topological polar surface area (TPSA) is 54.9 Å². The molecule has 0 aliphatic heterocycles. The molecule has 0 radical (unpaired) electrons. The second kappa shape index (κ2) is 4.85. The fraction of sp³-hybridized carbons (Fsp3) is 0.417. The van der Waals surface area contributed by atoms with E-state index in [9.17, 15) is 4.79 Å². The Morgan fingerprint density at radius 1 is 1.56 bits per heavy atom. The molecule has 0 unspecified atom stereocenters. The first kappa shape index (κ1) is 11.9. The number of nitrogens with one attached hydrogen (secondary N) is 1. The van der Waals surface area contributed by atoms with Crippen LogP contribution in [0.3, 0.4) is 0 Å². The average Bonchev–Trinajstić information content (AvgIpc) is 3.04. The molecule has 1 saturated carbocycles. The van der Waals surface area contributed by atoms with Crippen molar-refractivity contribution in [1.82, 2.24) is 15.3 Å². The van der Waals surface area contributed by atoms with Crippen LogP contribution in [0.15, 0.2) is 22.8 Å². The maximum absolute atomic E-state index is 11.9. The molecule has 1 aliphatic carbocycles. The van der Waals surface area contributed by atoms with E-state index < -0.39 is 0 Å². The van der Waals surface area contributed by atoms with Crippen LogP contribution in [-0.4, -0.2) is 27.2 Å². The third-order valence-electron chi connectivity index (χ3n) is 2.81. The van der Waals surface area contributed by atoms with Gasteiger partial charge in [0.2, 0.25) is 5.91 Å². The maximum atomic E-state index is 11.9. The second-order valence-corrected chi connectivity index (χ2v) is 6.59. The Labute approximate surface area is 113 Å². The third-order valence-corrected chi connectivity index (χ3v) is 4.74. The van der Waals surface area contributed by atoms with Crippen molar-refractivity contribution in [2.75, 3.05) is 0 Å². The molecule has 6 heteroatoms. The van der Waals surface area contributed by atoms with Gasteiger partial charge >= 0.3 is 0 Å². The molecule has 94 valence electrons. The van der Waals surface area contributed by atoms with E-state index in [1.807, 2.05) is 18.4 Å². The van der Waals surface area contributed by atoms with E-state index in [1.54, 1.807) is 17.7 Å². The Hall–Kier alpha value is -1.14. The number of hydrogen-bond acceptors (Lipinski definition) is 5. The predicted molar refractivity (Wildman–Crippen MR) is 73.9 cm³/mol. The number of rotatable bonds is 4. The van der Waals surface area contributed by atoms with Crippen LogP contribution in [0.2, 0.25) is 0 Å². The number of thiophene rings is 1. The summed E-state index contributed by atoms with van der Waals surface area (Å²) in [4.78, 5) is 21.4. The van der Waals surface area contributed by atoms with Gasteiger partial charge in [-0.2, -0.15) is 0 Å². The molecule has 1 fully saturated rings. The summed E-state index contributed by atoms with van der Waals surface area (Å²) >= 11 is 3.09. The first-order chi connectivity index (χ1) is 8.74. The van der Waals surface area contributed by atoms with Gasteiger partial charge in [0.05, 0.1) is 5.25 Å². The van der Waals surface area contributed by atoms with Gasteiger partial charge in [-0.05, 0) is 31.2 Å². The molecule has 0 saturated heterocycles. The molecule has 1 aliphatic rings. The molecule has 3 rings (SSSR count).